The molecule has 0 spiro atoms. The summed E-state index contributed by atoms with van der Waals surface area (Å²) < 4.78 is 5.89. The molecule has 0 heterocycles. The van der Waals surface area contributed by atoms with E-state index >= 15 is 0 Å². The molecule has 180 valence electrons. The van der Waals surface area contributed by atoms with Crippen LogP contribution in [0.3, 0.4) is 0 Å². The zero-order valence-corrected chi connectivity index (χ0v) is 21.4. The molecule has 0 aromatic heterocycles. The van der Waals surface area contributed by atoms with Gasteiger partial charge in [-0.1, -0.05) is 53.9 Å². The van der Waals surface area contributed by atoms with Crippen molar-refractivity contribution in [2.45, 2.75) is 112 Å². The molecule has 0 saturated heterocycles. The van der Waals surface area contributed by atoms with Crippen molar-refractivity contribution in [3.63, 3.8) is 0 Å². The first-order valence-corrected chi connectivity index (χ1v) is 13.5. The summed E-state index contributed by atoms with van der Waals surface area (Å²) in [4.78, 5) is 24.3. The molecule has 3 nitrogen and oxygen atoms in total. The molecule has 0 unspecified atom stereocenters. The van der Waals surface area contributed by atoms with Crippen molar-refractivity contribution in [1.29, 1.82) is 0 Å². The standard InChI is InChI=1S/C29H46O3/c1-18(2)8-7-9-19(3)23-10-11-24-22-17-27(32-20(4)30)26-16-21(31)12-14-29(26,6)25(22)13-15-28(23,24)5/h16,18-19,22-25,27H,7-15,17H2,1-6H3/t19-,22+,23-,24+,25+,27-,28-,29-/m1/s1. The second kappa shape index (κ2) is 8.91. The van der Waals surface area contributed by atoms with E-state index in [1.807, 2.05) is 6.08 Å². The van der Waals surface area contributed by atoms with Gasteiger partial charge in [-0.05, 0) is 96.5 Å². The average molecular weight is 443 g/mol. The van der Waals surface area contributed by atoms with E-state index in [1.165, 1.54) is 51.9 Å². The molecular weight excluding hydrogens is 396 g/mol. The number of carbonyl (C=O) groups is 2. The highest BCUT2D eigenvalue weighted by atomic mass is 16.5. The Labute approximate surface area is 196 Å². The fourth-order valence-corrected chi connectivity index (χ4v) is 8.92. The van der Waals surface area contributed by atoms with E-state index in [-0.39, 0.29) is 23.3 Å². The molecule has 4 aliphatic carbocycles. The average Bonchev–Trinajstić information content (AvgIpc) is 3.06. The lowest BCUT2D eigenvalue weighted by molar-refractivity contribution is -0.153. The molecule has 32 heavy (non-hydrogen) atoms. The quantitative estimate of drug-likeness (QED) is 0.411. The van der Waals surface area contributed by atoms with Gasteiger partial charge in [0, 0.05) is 13.3 Å². The lowest BCUT2D eigenvalue weighted by atomic mass is 9.46. The number of hydrogen-bond acceptors (Lipinski definition) is 3. The van der Waals surface area contributed by atoms with Gasteiger partial charge in [0.25, 0.3) is 0 Å². The Bertz CT molecular complexity index is 766. The molecule has 0 amide bonds. The zero-order valence-electron chi connectivity index (χ0n) is 21.4. The molecule has 0 radical (unpaired) electrons. The third-order valence-corrected chi connectivity index (χ3v) is 10.5. The van der Waals surface area contributed by atoms with Crippen LogP contribution in [0.4, 0.5) is 0 Å². The number of ether oxygens (including phenoxy) is 1. The molecule has 4 aliphatic rings. The summed E-state index contributed by atoms with van der Waals surface area (Å²) in [5.41, 5.74) is 1.56. The molecular formula is C29H46O3. The van der Waals surface area contributed by atoms with Crippen LogP contribution in [0.1, 0.15) is 106 Å². The van der Waals surface area contributed by atoms with Gasteiger partial charge in [-0.3, -0.25) is 9.59 Å². The van der Waals surface area contributed by atoms with Crippen molar-refractivity contribution in [1.82, 2.24) is 0 Å². The fourth-order valence-electron chi connectivity index (χ4n) is 8.92. The molecule has 4 rings (SSSR count). The summed E-state index contributed by atoms with van der Waals surface area (Å²) in [6.07, 6.45) is 13.5. The number of ketones is 1. The third-order valence-electron chi connectivity index (χ3n) is 10.5. The predicted octanol–water partition coefficient (Wildman–Crippen LogP) is 7.14. The van der Waals surface area contributed by atoms with Crippen molar-refractivity contribution in [2.75, 3.05) is 0 Å². The largest absolute Gasteiger partial charge is 0.458 e. The normalized spacial score (nSPS) is 42.0. The Balaban J connectivity index is 1.58. The van der Waals surface area contributed by atoms with Gasteiger partial charge in [-0.25, -0.2) is 0 Å². The summed E-state index contributed by atoms with van der Waals surface area (Å²) in [6, 6.07) is 0. The van der Waals surface area contributed by atoms with Gasteiger partial charge in [0.05, 0.1) is 0 Å². The maximum Gasteiger partial charge on any atom is 0.303 e. The van der Waals surface area contributed by atoms with Crippen molar-refractivity contribution in [2.24, 2.45) is 46.3 Å². The van der Waals surface area contributed by atoms with Gasteiger partial charge in [0.15, 0.2) is 5.78 Å². The summed E-state index contributed by atoms with van der Waals surface area (Å²) in [6.45, 7) is 13.7. The van der Waals surface area contributed by atoms with Crippen LogP contribution in [0.15, 0.2) is 11.6 Å². The number of fused-ring (bicyclic) bond motifs is 5. The second-order valence-corrected chi connectivity index (χ2v) is 12.7. The van der Waals surface area contributed by atoms with Crippen molar-refractivity contribution >= 4 is 11.8 Å². The van der Waals surface area contributed by atoms with E-state index in [4.69, 9.17) is 4.74 Å². The zero-order chi connectivity index (χ0) is 23.3. The number of hydrogen-bond donors (Lipinski definition) is 0. The maximum atomic E-state index is 12.3. The Hall–Kier alpha value is -1.12. The van der Waals surface area contributed by atoms with Gasteiger partial charge < -0.3 is 4.74 Å². The third kappa shape index (κ3) is 4.11. The van der Waals surface area contributed by atoms with Crippen LogP contribution in [-0.4, -0.2) is 17.9 Å². The van der Waals surface area contributed by atoms with Crippen molar-refractivity contribution in [3.8, 4) is 0 Å². The van der Waals surface area contributed by atoms with Crippen LogP contribution in [0.25, 0.3) is 0 Å². The van der Waals surface area contributed by atoms with Crippen LogP contribution in [-0.2, 0) is 14.3 Å². The number of carbonyl (C=O) groups excluding carboxylic acids is 2. The van der Waals surface area contributed by atoms with Crippen LogP contribution in [0.2, 0.25) is 0 Å². The maximum absolute atomic E-state index is 12.3. The van der Waals surface area contributed by atoms with E-state index in [0.29, 0.717) is 23.7 Å². The molecule has 8 atom stereocenters. The first-order valence-electron chi connectivity index (χ1n) is 13.5. The van der Waals surface area contributed by atoms with Crippen LogP contribution >= 0.6 is 0 Å². The first kappa shape index (κ1) is 24.0. The number of rotatable bonds is 6. The van der Waals surface area contributed by atoms with Gasteiger partial charge in [0.1, 0.15) is 6.10 Å². The van der Waals surface area contributed by atoms with E-state index in [9.17, 15) is 9.59 Å². The SMILES string of the molecule is CC(=O)O[C@@H]1C[C@H]2[C@@H]3CC[C@H]([C@H](C)CCCC(C)C)[C@@]3(C)CC[C@@H]2[C@@]2(C)CCC(=O)C=C12. The lowest BCUT2D eigenvalue weighted by Gasteiger charge is -2.59. The fraction of sp³-hybridized carbons (Fsp3) is 0.862. The van der Waals surface area contributed by atoms with E-state index in [1.54, 1.807) is 0 Å². The first-order chi connectivity index (χ1) is 15.1. The Kier molecular flexibility index (Phi) is 6.69. The highest BCUT2D eigenvalue weighted by molar-refractivity contribution is 5.92. The Morgan fingerprint density at radius 3 is 2.53 bits per heavy atom. The van der Waals surface area contributed by atoms with Gasteiger partial charge >= 0.3 is 5.97 Å². The molecule has 0 N–H and O–H groups in total. The van der Waals surface area contributed by atoms with E-state index < -0.39 is 0 Å². The minimum atomic E-state index is -0.212. The highest BCUT2D eigenvalue weighted by Gasteiger charge is 2.61. The van der Waals surface area contributed by atoms with E-state index in [0.717, 1.165) is 42.1 Å². The van der Waals surface area contributed by atoms with E-state index in [2.05, 4.69) is 34.6 Å². The topological polar surface area (TPSA) is 43.4 Å². The van der Waals surface area contributed by atoms with Crippen LogP contribution in [0.5, 0.6) is 0 Å². The second-order valence-electron chi connectivity index (χ2n) is 12.7. The molecule has 3 fully saturated rings. The molecule has 0 aliphatic heterocycles. The molecule has 3 saturated carbocycles. The van der Waals surface area contributed by atoms with Gasteiger partial charge in [-0.15, -0.1) is 0 Å². The van der Waals surface area contributed by atoms with Crippen LogP contribution in [0, 0.1) is 46.3 Å². The minimum Gasteiger partial charge on any atom is -0.458 e. The monoisotopic (exact) mass is 442 g/mol. The smallest absolute Gasteiger partial charge is 0.303 e. The summed E-state index contributed by atoms with van der Waals surface area (Å²) in [7, 11) is 0. The van der Waals surface area contributed by atoms with Crippen LogP contribution < -0.4 is 0 Å². The van der Waals surface area contributed by atoms with Gasteiger partial charge in [0.2, 0.25) is 0 Å². The predicted molar refractivity (Wildman–Crippen MR) is 129 cm³/mol. The Morgan fingerprint density at radius 2 is 1.84 bits per heavy atom. The molecule has 3 heteroatoms. The highest BCUT2D eigenvalue weighted by Crippen LogP contribution is 2.68. The lowest BCUT2D eigenvalue weighted by Crippen LogP contribution is -2.54. The van der Waals surface area contributed by atoms with Crippen molar-refractivity contribution in [3.05, 3.63) is 11.6 Å². The van der Waals surface area contributed by atoms with Gasteiger partial charge in [-0.2, -0.15) is 0 Å². The van der Waals surface area contributed by atoms with Crippen molar-refractivity contribution < 1.29 is 14.3 Å². The number of esters is 1. The molecule has 0 aromatic rings. The minimum absolute atomic E-state index is 0.0131. The Morgan fingerprint density at radius 1 is 1.09 bits per heavy atom. The summed E-state index contributed by atoms with van der Waals surface area (Å²) in [5.74, 6) is 4.39. The summed E-state index contributed by atoms with van der Waals surface area (Å²) in [5, 5.41) is 0. The molecule has 0 bridgehead atoms. The molecule has 0 aromatic carbocycles. The summed E-state index contributed by atoms with van der Waals surface area (Å²) >= 11 is 0.